The van der Waals surface area contributed by atoms with Crippen LogP contribution in [0.15, 0.2) is 41.7 Å². The molecule has 23 heavy (non-hydrogen) atoms. The van der Waals surface area contributed by atoms with Gasteiger partial charge in [-0.25, -0.2) is 9.97 Å². The van der Waals surface area contributed by atoms with Gasteiger partial charge in [-0.1, -0.05) is 35.5 Å². The first kappa shape index (κ1) is 17.6. The third kappa shape index (κ3) is 5.40. The normalized spacial score (nSPS) is 11.3. The standard InChI is InChI=1S/C14H11ClF3N3OS/c15-9-3-1-2-4-10(9)20-12(22)6-8-23-13-19-7-5-11(21-13)14(16,17)18/h1-5,7H,6,8H2,(H,20,22). The van der Waals surface area contributed by atoms with E-state index in [1.807, 2.05) is 0 Å². The Hall–Kier alpha value is -1.80. The van der Waals surface area contributed by atoms with Gasteiger partial charge >= 0.3 is 6.18 Å². The lowest BCUT2D eigenvalue weighted by molar-refractivity contribution is -0.141. The summed E-state index contributed by atoms with van der Waals surface area (Å²) in [6.07, 6.45) is -3.38. The second-order valence-corrected chi connectivity index (χ2v) is 5.82. The van der Waals surface area contributed by atoms with Crippen molar-refractivity contribution in [3.8, 4) is 0 Å². The number of nitrogens with one attached hydrogen (secondary N) is 1. The Balaban J connectivity index is 1.85. The summed E-state index contributed by atoms with van der Waals surface area (Å²) in [5.41, 5.74) is -0.519. The number of rotatable bonds is 5. The van der Waals surface area contributed by atoms with E-state index in [9.17, 15) is 18.0 Å². The third-order valence-corrected chi connectivity index (χ3v) is 3.82. The van der Waals surface area contributed by atoms with Crippen molar-refractivity contribution in [1.82, 2.24) is 9.97 Å². The first-order valence-corrected chi connectivity index (χ1v) is 7.80. The monoisotopic (exact) mass is 361 g/mol. The molecule has 2 aromatic rings. The van der Waals surface area contributed by atoms with E-state index < -0.39 is 11.9 Å². The number of hydrogen-bond acceptors (Lipinski definition) is 4. The summed E-state index contributed by atoms with van der Waals surface area (Å²) in [4.78, 5) is 18.9. The van der Waals surface area contributed by atoms with Crippen LogP contribution >= 0.6 is 23.4 Å². The van der Waals surface area contributed by atoms with Gasteiger partial charge in [0.25, 0.3) is 0 Å². The van der Waals surface area contributed by atoms with Crippen molar-refractivity contribution in [1.29, 1.82) is 0 Å². The van der Waals surface area contributed by atoms with E-state index in [1.165, 1.54) is 0 Å². The zero-order valence-corrected chi connectivity index (χ0v) is 13.2. The molecular formula is C14H11ClF3N3OS. The van der Waals surface area contributed by atoms with Crippen LogP contribution in [0.1, 0.15) is 12.1 Å². The van der Waals surface area contributed by atoms with E-state index in [2.05, 4.69) is 15.3 Å². The number of amides is 1. The highest BCUT2D eigenvalue weighted by Crippen LogP contribution is 2.28. The number of nitrogens with zero attached hydrogens (tertiary/aromatic N) is 2. The maximum absolute atomic E-state index is 12.5. The summed E-state index contributed by atoms with van der Waals surface area (Å²) >= 11 is 6.89. The Morgan fingerprint density at radius 2 is 2.00 bits per heavy atom. The summed E-state index contributed by atoms with van der Waals surface area (Å²) in [5.74, 6) is -0.0463. The summed E-state index contributed by atoms with van der Waals surface area (Å²) in [7, 11) is 0. The van der Waals surface area contributed by atoms with Crippen LogP contribution < -0.4 is 5.32 Å². The molecule has 1 N–H and O–H groups in total. The van der Waals surface area contributed by atoms with Gasteiger partial charge in [0.05, 0.1) is 10.7 Å². The number of thioether (sulfide) groups is 1. The molecule has 0 fully saturated rings. The molecule has 0 saturated carbocycles. The smallest absolute Gasteiger partial charge is 0.325 e. The molecule has 0 aliphatic heterocycles. The van der Waals surface area contributed by atoms with Crippen molar-refractivity contribution in [2.24, 2.45) is 0 Å². The van der Waals surface area contributed by atoms with E-state index >= 15 is 0 Å². The molecule has 0 aliphatic rings. The van der Waals surface area contributed by atoms with Crippen molar-refractivity contribution in [3.63, 3.8) is 0 Å². The predicted octanol–water partition coefficient (Wildman–Crippen LogP) is 4.27. The maximum atomic E-state index is 12.5. The van der Waals surface area contributed by atoms with E-state index in [4.69, 9.17) is 11.6 Å². The molecule has 0 atom stereocenters. The number of benzene rings is 1. The highest BCUT2D eigenvalue weighted by molar-refractivity contribution is 7.99. The van der Waals surface area contributed by atoms with Gasteiger partial charge in [-0.2, -0.15) is 13.2 Å². The van der Waals surface area contributed by atoms with Gasteiger partial charge in [-0.05, 0) is 18.2 Å². The van der Waals surface area contributed by atoms with Crippen molar-refractivity contribution in [2.45, 2.75) is 17.8 Å². The molecule has 1 amide bonds. The minimum atomic E-state index is -4.51. The van der Waals surface area contributed by atoms with Crippen molar-refractivity contribution in [3.05, 3.63) is 47.2 Å². The number of carbonyl (C=O) groups is 1. The number of aromatic nitrogens is 2. The fourth-order valence-electron chi connectivity index (χ4n) is 1.58. The van der Waals surface area contributed by atoms with Crippen LogP contribution in [0.25, 0.3) is 0 Å². The third-order valence-electron chi connectivity index (χ3n) is 2.63. The van der Waals surface area contributed by atoms with E-state index in [0.717, 1.165) is 24.0 Å². The molecule has 0 aliphatic carbocycles. The molecule has 0 spiro atoms. The van der Waals surface area contributed by atoms with Gasteiger partial charge in [-0.3, -0.25) is 4.79 Å². The molecule has 1 aromatic heterocycles. The first-order valence-electron chi connectivity index (χ1n) is 6.43. The van der Waals surface area contributed by atoms with Crippen LogP contribution in [-0.4, -0.2) is 21.6 Å². The number of alkyl halides is 3. The molecule has 9 heteroatoms. The van der Waals surface area contributed by atoms with Gasteiger partial charge in [0, 0.05) is 18.4 Å². The zero-order chi connectivity index (χ0) is 16.9. The van der Waals surface area contributed by atoms with Gasteiger partial charge in [-0.15, -0.1) is 0 Å². The van der Waals surface area contributed by atoms with Crippen LogP contribution in [0.4, 0.5) is 18.9 Å². The average molecular weight is 362 g/mol. The molecular weight excluding hydrogens is 351 g/mol. The minimum absolute atomic E-state index is 0.0228. The Bertz CT molecular complexity index is 697. The summed E-state index contributed by atoms with van der Waals surface area (Å²) < 4.78 is 37.6. The highest BCUT2D eigenvalue weighted by atomic mass is 35.5. The van der Waals surface area contributed by atoms with Crippen LogP contribution in [0, 0.1) is 0 Å². The largest absolute Gasteiger partial charge is 0.433 e. The molecule has 0 radical (unpaired) electrons. The van der Waals surface area contributed by atoms with Gasteiger partial charge < -0.3 is 5.32 Å². The maximum Gasteiger partial charge on any atom is 0.433 e. The van der Waals surface area contributed by atoms with Crippen molar-refractivity contribution in [2.75, 3.05) is 11.1 Å². The topological polar surface area (TPSA) is 54.9 Å². The van der Waals surface area contributed by atoms with Gasteiger partial charge in [0.2, 0.25) is 5.91 Å². The van der Waals surface area contributed by atoms with Crippen LogP contribution in [0.3, 0.4) is 0 Å². The SMILES string of the molecule is O=C(CCSc1nccc(C(F)(F)F)n1)Nc1ccccc1Cl. The number of anilines is 1. The molecule has 0 bridgehead atoms. The molecule has 2 rings (SSSR count). The molecule has 1 aromatic carbocycles. The second-order valence-electron chi connectivity index (χ2n) is 4.35. The number of hydrogen-bond donors (Lipinski definition) is 1. The molecule has 0 saturated heterocycles. The lowest BCUT2D eigenvalue weighted by Gasteiger charge is -2.07. The van der Waals surface area contributed by atoms with E-state index in [-0.39, 0.29) is 23.2 Å². The molecule has 0 unspecified atom stereocenters. The number of carbonyl (C=O) groups excluding carboxylic acids is 1. The highest BCUT2D eigenvalue weighted by Gasteiger charge is 2.32. The zero-order valence-electron chi connectivity index (χ0n) is 11.6. The molecule has 122 valence electrons. The Morgan fingerprint density at radius 1 is 1.26 bits per heavy atom. The van der Waals surface area contributed by atoms with Crippen LogP contribution in [0.5, 0.6) is 0 Å². The average Bonchev–Trinajstić information content (AvgIpc) is 2.49. The lowest BCUT2D eigenvalue weighted by Crippen LogP contribution is -2.13. The predicted molar refractivity (Wildman–Crippen MR) is 82.5 cm³/mol. The Morgan fingerprint density at radius 3 is 2.70 bits per heavy atom. The summed E-state index contributed by atoms with van der Waals surface area (Å²) in [6.45, 7) is 0. The Kier molecular flexibility index (Phi) is 5.84. The van der Waals surface area contributed by atoms with Crippen LogP contribution in [0.2, 0.25) is 5.02 Å². The lowest BCUT2D eigenvalue weighted by atomic mass is 10.3. The van der Waals surface area contributed by atoms with Gasteiger partial charge in [0.15, 0.2) is 5.16 Å². The van der Waals surface area contributed by atoms with Crippen molar-refractivity contribution >= 4 is 35.0 Å². The quantitative estimate of drug-likeness (QED) is 0.638. The second kappa shape index (κ2) is 7.65. The molecule has 4 nitrogen and oxygen atoms in total. The van der Waals surface area contributed by atoms with E-state index in [1.54, 1.807) is 24.3 Å². The first-order chi connectivity index (χ1) is 10.9. The summed E-state index contributed by atoms with van der Waals surface area (Å²) in [5, 5.41) is 3.02. The van der Waals surface area contributed by atoms with Crippen molar-refractivity contribution < 1.29 is 18.0 Å². The fourth-order valence-corrected chi connectivity index (χ4v) is 2.53. The Labute approximate surface area is 139 Å². The van der Waals surface area contributed by atoms with Gasteiger partial charge in [0.1, 0.15) is 5.69 Å². The van der Waals surface area contributed by atoms with E-state index in [0.29, 0.717) is 10.7 Å². The fraction of sp³-hybridized carbons (Fsp3) is 0.214. The number of halogens is 4. The van der Waals surface area contributed by atoms with Crippen LogP contribution in [-0.2, 0) is 11.0 Å². The number of para-hydroxylation sites is 1. The molecule has 1 heterocycles. The minimum Gasteiger partial charge on any atom is -0.325 e. The summed E-state index contributed by atoms with van der Waals surface area (Å²) in [6, 6.07) is 7.56.